The second kappa shape index (κ2) is 15.9. The maximum absolute atomic E-state index is 14.1. The highest BCUT2D eigenvalue weighted by Crippen LogP contribution is 2.37. The first-order chi connectivity index (χ1) is 23.8. The fourth-order valence-electron chi connectivity index (χ4n) is 6.50. The Balaban J connectivity index is 0.000000755. The molecule has 2 heterocycles. The molecule has 51 heavy (non-hydrogen) atoms. The molecule has 0 aliphatic carbocycles. The number of nitrogens with zero attached hydrogens (tertiary/aromatic N) is 4. The van der Waals surface area contributed by atoms with Crippen LogP contribution in [0.2, 0.25) is 0 Å². The predicted octanol–water partition coefficient (Wildman–Crippen LogP) is 8.10. The van der Waals surface area contributed by atoms with E-state index in [1.165, 1.54) is 26.3 Å². The van der Waals surface area contributed by atoms with Crippen molar-refractivity contribution in [3.05, 3.63) is 81.9 Å². The van der Waals surface area contributed by atoms with Gasteiger partial charge in [0.15, 0.2) is 0 Å². The highest BCUT2D eigenvalue weighted by molar-refractivity contribution is 6.09. The molecule has 16 heteroatoms. The molecule has 2 saturated heterocycles. The van der Waals surface area contributed by atoms with E-state index < -0.39 is 48.1 Å². The van der Waals surface area contributed by atoms with Crippen LogP contribution in [0.15, 0.2) is 48.5 Å². The van der Waals surface area contributed by atoms with Gasteiger partial charge in [0, 0.05) is 26.2 Å². The largest absolute Gasteiger partial charge is 0.490 e. The number of carbonyl (C=O) groups is 2. The minimum atomic E-state index is -5.08. The quantitative estimate of drug-likeness (QED) is 0.258. The molecule has 0 spiro atoms. The predicted molar refractivity (Wildman–Crippen MR) is 168 cm³/mol. The fourth-order valence-corrected chi connectivity index (χ4v) is 6.50. The van der Waals surface area contributed by atoms with Crippen LogP contribution in [-0.4, -0.2) is 77.1 Å². The molecule has 5 rings (SSSR count). The van der Waals surface area contributed by atoms with Crippen LogP contribution in [0.25, 0.3) is 10.8 Å². The number of halogens is 9. The first-order valence-electron chi connectivity index (χ1n) is 16.0. The molecule has 1 amide bonds. The van der Waals surface area contributed by atoms with Gasteiger partial charge in [-0.15, -0.1) is 0 Å². The van der Waals surface area contributed by atoms with Gasteiger partial charge >= 0.3 is 24.5 Å². The summed E-state index contributed by atoms with van der Waals surface area (Å²) >= 11 is 0. The number of benzene rings is 3. The molecule has 1 N–H and O–H groups in total. The SMILES string of the molecule is CN(Cc1cc(C(F)(F)F)cc(C(F)(F)F)c1)C(=O)c1c(CN2CCC(N3CCCCC3)CC2)c(C#N)cc2ccccc12.O=C(O)C(F)(F)F. The van der Waals surface area contributed by atoms with Crippen LogP contribution >= 0.6 is 0 Å². The van der Waals surface area contributed by atoms with Gasteiger partial charge < -0.3 is 14.9 Å². The van der Waals surface area contributed by atoms with E-state index in [9.17, 15) is 49.6 Å². The van der Waals surface area contributed by atoms with E-state index in [-0.39, 0.29) is 17.2 Å². The van der Waals surface area contributed by atoms with Crippen molar-refractivity contribution in [1.29, 1.82) is 5.26 Å². The lowest BCUT2D eigenvalue weighted by molar-refractivity contribution is -0.192. The summed E-state index contributed by atoms with van der Waals surface area (Å²) in [5.74, 6) is -3.34. The molecule has 2 fully saturated rings. The Bertz CT molecular complexity index is 1720. The van der Waals surface area contributed by atoms with Gasteiger partial charge in [0.05, 0.1) is 28.3 Å². The van der Waals surface area contributed by atoms with E-state index in [0.717, 1.165) is 43.9 Å². The average molecular weight is 731 g/mol. The van der Waals surface area contributed by atoms with Crippen molar-refractivity contribution in [1.82, 2.24) is 14.7 Å². The van der Waals surface area contributed by atoms with Crippen LogP contribution in [0.3, 0.4) is 0 Å². The van der Waals surface area contributed by atoms with Gasteiger partial charge in [-0.2, -0.15) is 44.8 Å². The van der Waals surface area contributed by atoms with Crippen LogP contribution in [0.4, 0.5) is 39.5 Å². The summed E-state index contributed by atoms with van der Waals surface area (Å²) < 4.78 is 113. The highest BCUT2D eigenvalue weighted by Gasteiger charge is 2.39. The monoisotopic (exact) mass is 730 g/mol. The van der Waals surface area contributed by atoms with Crippen molar-refractivity contribution in [3.8, 4) is 6.07 Å². The van der Waals surface area contributed by atoms with E-state index in [1.807, 2.05) is 0 Å². The Kier molecular flexibility index (Phi) is 12.3. The summed E-state index contributed by atoms with van der Waals surface area (Å²) in [5.41, 5.74) is -2.10. The number of carboxylic acids is 1. The minimum Gasteiger partial charge on any atom is -0.475 e. The average Bonchev–Trinajstić information content (AvgIpc) is 3.07. The lowest BCUT2D eigenvalue weighted by atomic mass is 9.92. The molecule has 0 radical (unpaired) electrons. The first kappa shape index (κ1) is 39.4. The number of nitriles is 1. The highest BCUT2D eigenvalue weighted by atomic mass is 19.4. The van der Waals surface area contributed by atoms with Crippen molar-refractivity contribution < 1.29 is 54.2 Å². The van der Waals surface area contributed by atoms with Gasteiger partial charge in [-0.25, -0.2) is 4.79 Å². The maximum Gasteiger partial charge on any atom is 0.490 e. The number of carboxylic acid groups (broad SMARTS) is 1. The van der Waals surface area contributed by atoms with Crippen molar-refractivity contribution in [2.45, 2.75) is 69.8 Å². The standard InChI is InChI=1S/C33H34F6N4O.C2HF3O2/c1-41(20-22-15-25(32(34,35)36)18-26(16-22)33(37,38)39)31(44)30-28-8-4-3-7-23(28)17-24(19-40)29(30)21-42-13-9-27(10-14-42)43-11-5-2-6-12-43;3-2(4,5)1(6)7/h3-4,7-8,15-18,27H,2,5-6,9-14,20-21H2,1H3;(H,6,7). The lowest BCUT2D eigenvalue weighted by Crippen LogP contribution is -2.46. The first-order valence-corrected chi connectivity index (χ1v) is 16.0. The number of rotatable bonds is 6. The number of aliphatic carboxylic acids is 1. The maximum atomic E-state index is 14.1. The van der Waals surface area contributed by atoms with Crippen molar-refractivity contribution >= 4 is 22.6 Å². The molecule has 0 saturated carbocycles. The molecule has 276 valence electrons. The molecule has 2 aliphatic rings. The molecule has 0 bridgehead atoms. The van der Waals surface area contributed by atoms with Gasteiger partial charge in [0.1, 0.15) is 0 Å². The normalized spacial score (nSPS) is 16.6. The molecule has 0 atom stereocenters. The number of likely N-dealkylation sites (tertiary alicyclic amines) is 2. The third-order valence-corrected chi connectivity index (χ3v) is 8.99. The number of hydrogen-bond acceptors (Lipinski definition) is 5. The van der Waals surface area contributed by atoms with Crippen LogP contribution in [-0.2, 0) is 30.2 Å². The summed E-state index contributed by atoms with van der Waals surface area (Å²) in [5, 5.41) is 18.4. The number of carbonyl (C=O) groups excluding carboxylic acids is 1. The molecule has 2 aliphatic heterocycles. The molecule has 3 aromatic rings. The van der Waals surface area contributed by atoms with Gasteiger partial charge in [-0.3, -0.25) is 9.69 Å². The smallest absolute Gasteiger partial charge is 0.475 e. The summed E-state index contributed by atoms with van der Waals surface area (Å²) in [4.78, 5) is 28.8. The summed E-state index contributed by atoms with van der Waals surface area (Å²) in [6.07, 6.45) is -9.46. The van der Waals surface area contributed by atoms with Crippen LogP contribution in [0.1, 0.15) is 70.3 Å². The Labute approximate surface area is 287 Å². The number of fused-ring (bicyclic) bond motifs is 1. The number of hydrogen-bond donors (Lipinski definition) is 1. The summed E-state index contributed by atoms with van der Waals surface area (Å²) in [6.45, 7) is 3.62. The number of amides is 1. The van der Waals surface area contributed by atoms with E-state index in [0.29, 0.717) is 46.6 Å². The third kappa shape index (κ3) is 10.1. The zero-order valence-corrected chi connectivity index (χ0v) is 27.4. The molecule has 3 aromatic carbocycles. The Morgan fingerprint density at radius 1 is 0.863 bits per heavy atom. The summed E-state index contributed by atoms with van der Waals surface area (Å²) in [6, 6.07) is 12.8. The van der Waals surface area contributed by atoms with E-state index >= 15 is 0 Å². The van der Waals surface area contributed by atoms with E-state index in [2.05, 4.69) is 15.9 Å². The Morgan fingerprint density at radius 2 is 1.41 bits per heavy atom. The zero-order valence-electron chi connectivity index (χ0n) is 27.4. The van der Waals surface area contributed by atoms with Gasteiger partial charge in [-0.05, 0) is 98.0 Å². The molecular formula is C35H35F9N4O3. The van der Waals surface area contributed by atoms with Crippen molar-refractivity contribution in [3.63, 3.8) is 0 Å². The third-order valence-electron chi connectivity index (χ3n) is 8.99. The molecule has 7 nitrogen and oxygen atoms in total. The Hall–Kier alpha value is -4.36. The van der Waals surface area contributed by atoms with E-state index in [4.69, 9.17) is 9.90 Å². The summed E-state index contributed by atoms with van der Waals surface area (Å²) in [7, 11) is 1.34. The topological polar surface area (TPSA) is 87.9 Å². The van der Waals surface area contributed by atoms with Gasteiger partial charge in [0.25, 0.3) is 5.91 Å². The van der Waals surface area contributed by atoms with Crippen molar-refractivity contribution in [2.24, 2.45) is 0 Å². The fraction of sp³-hybridized carbons (Fsp3) is 0.457. The van der Waals surface area contributed by atoms with Crippen LogP contribution in [0.5, 0.6) is 0 Å². The zero-order chi connectivity index (χ0) is 37.7. The van der Waals surface area contributed by atoms with Crippen molar-refractivity contribution in [2.75, 3.05) is 33.2 Å². The molecular weight excluding hydrogens is 695 g/mol. The molecule has 0 aromatic heterocycles. The van der Waals surface area contributed by atoms with Gasteiger partial charge in [-0.1, -0.05) is 30.7 Å². The van der Waals surface area contributed by atoms with Crippen LogP contribution in [0, 0.1) is 11.3 Å². The number of alkyl halides is 9. The lowest BCUT2D eigenvalue weighted by Gasteiger charge is -2.40. The van der Waals surface area contributed by atoms with Crippen LogP contribution < -0.4 is 0 Å². The molecule has 0 unspecified atom stereocenters. The minimum absolute atomic E-state index is 0.0712. The number of piperidine rings is 2. The van der Waals surface area contributed by atoms with Gasteiger partial charge in [0.2, 0.25) is 0 Å². The van der Waals surface area contributed by atoms with E-state index in [1.54, 1.807) is 30.3 Å². The second-order valence-electron chi connectivity index (χ2n) is 12.6. The Morgan fingerprint density at radius 3 is 1.92 bits per heavy atom. The second-order valence-corrected chi connectivity index (χ2v) is 12.6.